The topological polar surface area (TPSA) is 77.0 Å². The van der Waals surface area contributed by atoms with Crippen LogP contribution in [-0.2, 0) is 9.53 Å². The van der Waals surface area contributed by atoms with Gasteiger partial charge >= 0.3 is 0 Å². The molecule has 0 saturated carbocycles. The van der Waals surface area contributed by atoms with E-state index in [1.54, 1.807) is 38.3 Å². The fourth-order valence-corrected chi connectivity index (χ4v) is 1.52. The lowest BCUT2D eigenvalue weighted by atomic mass is 10.1. The van der Waals surface area contributed by atoms with E-state index >= 15 is 0 Å². The smallest absolute Gasteiger partial charge is 0.258 e. The summed E-state index contributed by atoms with van der Waals surface area (Å²) in [5.41, 5.74) is -1.09. The van der Waals surface area contributed by atoms with Crippen LogP contribution in [0.2, 0.25) is 0 Å². The highest BCUT2D eigenvalue weighted by molar-refractivity contribution is 5.77. The summed E-state index contributed by atoms with van der Waals surface area (Å²) in [7, 11) is 3.07. The molecule has 1 aromatic carbocycles. The lowest BCUT2D eigenvalue weighted by Crippen LogP contribution is -2.45. The Morgan fingerprint density at radius 1 is 1.25 bits per heavy atom. The summed E-state index contributed by atoms with van der Waals surface area (Å²) < 4.78 is 15.2. The molecule has 0 fully saturated rings. The van der Waals surface area contributed by atoms with E-state index in [0.717, 1.165) is 5.75 Å². The van der Waals surface area contributed by atoms with Crippen LogP contribution in [0.4, 0.5) is 0 Å². The van der Waals surface area contributed by atoms with Crippen molar-refractivity contribution in [3.63, 3.8) is 0 Å². The number of amides is 1. The van der Waals surface area contributed by atoms with Gasteiger partial charge in [0.05, 0.1) is 13.7 Å². The third-order valence-corrected chi connectivity index (χ3v) is 2.55. The van der Waals surface area contributed by atoms with E-state index < -0.39 is 5.60 Å². The molecule has 6 heteroatoms. The van der Waals surface area contributed by atoms with Crippen molar-refractivity contribution in [1.82, 2.24) is 5.32 Å². The predicted octanol–water partition coefficient (Wildman–Crippen LogP) is 0.588. The Kier molecular flexibility index (Phi) is 6.27. The molecule has 6 nitrogen and oxygen atoms in total. The average Bonchev–Trinajstić information content (AvgIpc) is 2.43. The van der Waals surface area contributed by atoms with E-state index in [9.17, 15) is 9.90 Å². The Hall–Kier alpha value is -1.79. The summed E-state index contributed by atoms with van der Waals surface area (Å²) in [5, 5.41) is 12.4. The number of aliphatic hydroxyl groups is 1. The number of rotatable bonds is 8. The molecule has 0 bridgehead atoms. The first-order valence-electron chi connectivity index (χ1n) is 6.22. The van der Waals surface area contributed by atoms with Crippen LogP contribution in [0.3, 0.4) is 0 Å². The minimum Gasteiger partial charge on any atom is -0.497 e. The lowest BCUT2D eigenvalue weighted by molar-refractivity contribution is -0.124. The van der Waals surface area contributed by atoms with Crippen molar-refractivity contribution in [1.29, 1.82) is 0 Å². The van der Waals surface area contributed by atoms with E-state index in [1.807, 2.05) is 0 Å². The Labute approximate surface area is 118 Å². The Morgan fingerprint density at radius 2 is 1.85 bits per heavy atom. The molecule has 0 aliphatic carbocycles. The molecule has 112 valence electrons. The number of carbonyl (C=O) groups is 1. The first-order chi connectivity index (χ1) is 9.46. The van der Waals surface area contributed by atoms with Crippen LogP contribution < -0.4 is 14.8 Å². The van der Waals surface area contributed by atoms with Crippen molar-refractivity contribution < 1.29 is 24.1 Å². The number of hydrogen-bond acceptors (Lipinski definition) is 5. The maximum Gasteiger partial charge on any atom is 0.258 e. The zero-order valence-corrected chi connectivity index (χ0v) is 12.0. The second kappa shape index (κ2) is 7.72. The van der Waals surface area contributed by atoms with E-state index in [0.29, 0.717) is 5.75 Å². The zero-order valence-electron chi connectivity index (χ0n) is 12.0. The van der Waals surface area contributed by atoms with Crippen LogP contribution >= 0.6 is 0 Å². The molecular weight excluding hydrogens is 262 g/mol. The summed E-state index contributed by atoms with van der Waals surface area (Å²) in [6.45, 7) is 1.72. The highest BCUT2D eigenvalue weighted by atomic mass is 16.5. The maximum absolute atomic E-state index is 11.6. The summed E-state index contributed by atoms with van der Waals surface area (Å²) in [6, 6.07) is 6.92. The van der Waals surface area contributed by atoms with Crippen molar-refractivity contribution in [3.8, 4) is 11.5 Å². The minimum atomic E-state index is -1.09. The van der Waals surface area contributed by atoms with Crippen molar-refractivity contribution in [2.24, 2.45) is 0 Å². The Morgan fingerprint density at radius 3 is 2.40 bits per heavy atom. The van der Waals surface area contributed by atoms with Crippen molar-refractivity contribution >= 4 is 5.91 Å². The van der Waals surface area contributed by atoms with E-state index in [2.05, 4.69) is 5.32 Å². The average molecular weight is 283 g/mol. The monoisotopic (exact) mass is 283 g/mol. The van der Waals surface area contributed by atoms with Gasteiger partial charge in [0.2, 0.25) is 0 Å². The van der Waals surface area contributed by atoms with E-state index in [-0.39, 0.29) is 25.7 Å². The number of nitrogens with one attached hydrogen (secondary N) is 1. The fourth-order valence-electron chi connectivity index (χ4n) is 1.52. The summed E-state index contributed by atoms with van der Waals surface area (Å²) >= 11 is 0. The van der Waals surface area contributed by atoms with Gasteiger partial charge in [-0.1, -0.05) is 0 Å². The van der Waals surface area contributed by atoms with Gasteiger partial charge in [0.15, 0.2) is 6.61 Å². The first-order valence-corrected chi connectivity index (χ1v) is 6.22. The molecule has 0 heterocycles. The van der Waals surface area contributed by atoms with Crippen molar-refractivity contribution in [3.05, 3.63) is 24.3 Å². The van der Waals surface area contributed by atoms with Crippen LogP contribution in [0.15, 0.2) is 24.3 Å². The molecule has 1 aromatic rings. The van der Waals surface area contributed by atoms with Crippen LogP contribution in [0.25, 0.3) is 0 Å². The van der Waals surface area contributed by atoms with Gasteiger partial charge in [-0.25, -0.2) is 0 Å². The van der Waals surface area contributed by atoms with Crippen LogP contribution in [0.5, 0.6) is 11.5 Å². The number of carbonyl (C=O) groups excluding carboxylic acids is 1. The second-order valence-electron chi connectivity index (χ2n) is 4.67. The normalized spacial score (nSPS) is 13.4. The van der Waals surface area contributed by atoms with Gasteiger partial charge in [0, 0.05) is 13.7 Å². The summed E-state index contributed by atoms with van der Waals surface area (Å²) in [6.07, 6.45) is 0. The highest BCUT2D eigenvalue weighted by Crippen LogP contribution is 2.16. The second-order valence-corrected chi connectivity index (χ2v) is 4.67. The molecular formula is C14H21NO5. The van der Waals surface area contributed by atoms with Gasteiger partial charge in [0.1, 0.15) is 17.1 Å². The highest BCUT2D eigenvalue weighted by Gasteiger charge is 2.20. The molecule has 1 rings (SSSR count). The molecule has 0 radical (unpaired) electrons. The third kappa shape index (κ3) is 5.90. The molecule has 0 aliphatic heterocycles. The van der Waals surface area contributed by atoms with Gasteiger partial charge in [0.25, 0.3) is 5.91 Å². The maximum atomic E-state index is 11.6. The van der Waals surface area contributed by atoms with Gasteiger partial charge in [-0.15, -0.1) is 0 Å². The van der Waals surface area contributed by atoms with E-state index in [1.165, 1.54) is 7.11 Å². The number of benzene rings is 1. The fraction of sp³-hybridized carbons (Fsp3) is 0.500. The Balaban J connectivity index is 2.32. The van der Waals surface area contributed by atoms with Gasteiger partial charge in [-0.2, -0.15) is 0 Å². The molecule has 2 N–H and O–H groups in total. The lowest BCUT2D eigenvalue weighted by Gasteiger charge is -2.22. The molecule has 1 unspecified atom stereocenters. The van der Waals surface area contributed by atoms with Crippen molar-refractivity contribution in [2.75, 3.05) is 34.0 Å². The number of ether oxygens (including phenoxy) is 3. The SMILES string of the molecule is COCC(C)(O)CNC(=O)COc1ccc(OC)cc1. The molecule has 20 heavy (non-hydrogen) atoms. The Bertz CT molecular complexity index is 416. The molecule has 0 spiro atoms. The van der Waals surface area contributed by atoms with Gasteiger partial charge in [-0.3, -0.25) is 4.79 Å². The number of methoxy groups -OCH3 is 2. The summed E-state index contributed by atoms with van der Waals surface area (Å²) in [5.74, 6) is 0.985. The van der Waals surface area contributed by atoms with Crippen LogP contribution in [0, 0.1) is 0 Å². The molecule has 1 atom stereocenters. The summed E-state index contributed by atoms with van der Waals surface area (Å²) in [4.78, 5) is 11.6. The van der Waals surface area contributed by atoms with Crippen LogP contribution in [-0.4, -0.2) is 50.6 Å². The molecule has 1 amide bonds. The van der Waals surface area contributed by atoms with Crippen molar-refractivity contribution in [2.45, 2.75) is 12.5 Å². The third-order valence-electron chi connectivity index (χ3n) is 2.55. The standard InChI is InChI=1S/C14H21NO5/c1-14(17,10-18-2)9-15-13(16)8-20-12-6-4-11(19-3)5-7-12/h4-7,17H,8-10H2,1-3H3,(H,15,16). The largest absolute Gasteiger partial charge is 0.497 e. The van der Waals surface area contributed by atoms with Gasteiger partial charge in [-0.05, 0) is 31.2 Å². The zero-order chi connectivity index (χ0) is 15.0. The predicted molar refractivity (Wildman–Crippen MR) is 74.0 cm³/mol. The minimum absolute atomic E-state index is 0.103. The van der Waals surface area contributed by atoms with Crippen LogP contribution in [0.1, 0.15) is 6.92 Å². The number of hydrogen-bond donors (Lipinski definition) is 2. The molecule has 0 aliphatic rings. The first kappa shape index (κ1) is 16.3. The van der Waals surface area contributed by atoms with Gasteiger partial charge < -0.3 is 24.6 Å². The molecule has 0 aromatic heterocycles. The molecule has 0 saturated heterocycles. The quantitative estimate of drug-likeness (QED) is 0.730. The van der Waals surface area contributed by atoms with E-state index in [4.69, 9.17) is 14.2 Å².